The van der Waals surface area contributed by atoms with E-state index in [9.17, 15) is 25.9 Å². The molecule has 0 aromatic heterocycles. The van der Waals surface area contributed by atoms with Crippen molar-refractivity contribution in [2.75, 3.05) is 11.5 Å². The fraction of sp³-hybridized carbons (Fsp3) is 1.00. The Labute approximate surface area is 273 Å². The summed E-state index contributed by atoms with van der Waals surface area (Å²) in [5.41, 5.74) is 0. The first kappa shape index (κ1) is 46.0. The van der Waals surface area contributed by atoms with Crippen molar-refractivity contribution in [3.63, 3.8) is 0 Å². The number of unbranched alkanes of at least 4 members (excludes halogenated alkanes) is 26. The topological polar surface area (TPSA) is 114 Å². The molecule has 41 heavy (non-hydrogen) atoms. The molecular formula is C32H66MgO6S2. The first-order valence-corrected chi connectivity index (χ1v) is 20.1. The molecule has 6 nitrogen and oxygen atoms in total. The van der Waals surface area contributed by atoms with E-state index in [-0.39, 0.29) is 34.6 Å². The van der Waals surface area contributed by atoms with Gasteiger partial charge in [-0.2, -0.15) is 0 Å². The minimum absolute atomic E-state index is 0. The van der Waals surface area contributed by atoms with Gasteiger partial charge >= 0.3 is 23.1 Å². The van der Waals surface area contributed by atoms with Gasteiger partial charge in [-0.15, -0.1) is 0 Å². The Balaban J connectivity index is -0.000000688. The summed E-state index contributed by atoms with van der Waals surface area (Å²) in [6, 6.07) is 0. The van der Waals surface area contributed by atoms with E-state index in [0.717, 1.165) is 25.7 Å². The van der Waals surface area contributed by atoms with Crippen LogP contribution in [0.3, 0.4) is 0 Å². The minimum atomic E-state index is -3.99. The maximum Gasteiger partial charge on any atom is 2.00 e. The van der Waals surface area contributed by atoms with Gasteiger partial charge in [0.1, 0.15) is 0 Å². The third-order valence-corrected chi connectivity index (χ3v) is 9.07. The van der Waals surface area contributed by atoms with Gasteiger partial charge < -0.3 is 9.11 Å². The summed E-state index contributed by atoms with van der Waals surface area (Å²) in [4.78, 5) is 0. The average Bonchev–Trinajstić information content (AvgIpc) is 2.88. The van der Waals surface area contributed by atoms with Crippen molar-refractivity contribution in [2.45, 2.75) is 194 Å². The SMILES string of the molecule is CCCCCCCCCCCCCCCCS(=O)(=O)[O-].CCCCCCCCCCCCCCCCS(=O)(=O)[O-].[Mg+2]. The average molecular weight is 635 g/mol. The predicted octanol–water partition coefficient (Wildman–Crippen LogP) is 9.64. The molecule has 0 amide bonds. The monoisotopic (exact) mass is 634 g/mol. The summed E-state index contributed by atoms with van der Waals surface area (Å²) in [5, 5.41) is 0. The molecule has 0 aromatic rings. The van der Waals surface area contributed by atoms with Crippen LogP contribution in [0.15, 0.2) is 0 Å². The Bertz CT molecular complexity index is 639. The molecule has 244 valence electrons. The molecule has 0 N–H and O–H groups in total. The molecule has 0 bridgehead atoms. The maximum absolute atomic E-state index is 10.4. The Hall–Kier alpha value is 0.586. The van der Waals surface area contributed by atoms with E-state index in [4.69, 9.17) is 0 Å². The van der Waals surface area contributed by atoms with E-state index in [1.807, 2.05) is 0 Å². The smallest absolute Gasteiger partial charge is 0.748 e. The normalized spacial score (nSPS) is 11.6. The van der Waals surface area contributed by atoms with Crippen molar-refractivity contribution in [1.82, 2.24) is 0 Å². The molecule has 0 aliphatic heterocycles. The van der Waals surface area contributed by atoms with E-state index in [1.54, 1.807) is 0 Å². The van der Waals surface area contributed by atoms with Crippen LogP contribution in [0.25, 0.3) is 0 Å². The van der Waals surface area contributed by atoms with Crippen LogP contribution in [0.5, 0.6) is 0 Å². The molecule has 9 heteroatoms. The fourth-order valence-electron chi connectivity index (χ4n) is 4.95. The minimum Gasteiger partial charge on any atom is -0.748 e. The number of hydrogen-bond donors (Lipinski definition) is 0. The summed E-state index contributed by atoms with van der Waals surface area (Å²) in [5.74, 6) is -0.379. The summed E-state index contributed by atoms with van der Waals surface area (Å²) in [7, 11) is -7.98. The molecule has 0 saturated carbocycles. The molecule has 0 fully saturated rings. The molecular weight excluding hydrogens is 569 g/mol. The summed E-state index contributed by atoms with van der Waals surface area (Å²) in [6.45, 7) is 4.50. The van der Waals surface area contributed by atoms with Crippen molar-refractivity contribution in [1.29, 1.82) is 0 Å². The second-order valence-electron chi connectivity index (χ2n) is 11.7. The van der Waals surface area contributed by atoms with Crippen molar-refractivity contribution in [2.24, 2.45) is 0 Å². The molecule has 0 aliphatic carbocycles. The van der Waals surface area contributed by atoms with Crippen LogP contribution in [0.1, 0.15) is 194 Å². The Morgan fingerprint density at radius 2 is 0.463 bits per heavy atom. The van der Waals surface area contributed by atoms with E-state index in [2.05, 4.69) is 13.8 Å². The van der Waals surface area contributed by atoms with E-state index < -0.39 is 20.2 Å². The van der Waals surface area contributed by atoms with Crippen molar-refractivity contribution in [3.8, 4) is 0 Å². The first-order chi connectivity index (χ1) is 19.1. The maximum atomic E-state index is 10.4. The second-order valence-corrected chi connectivity index (χ2v) is 14.8. The first-order valence-electron chi connectivity index (χ1n) is 17.0. The van der Waals surface area contributed by atoms with E-state index >= 15 is 0 Å². The van der Waals surface area contributed by atoms with Crippen molar-refractivity contribution >= 4 is 43.3 Å². The largest absolute Gasteiger partial charge is 2.00 e. The zero-order valence-electron chi connectivity index (χ0n) is 27.2. The summed E-state index contributed by atoms with van der Waals surface area (Å²) >= 11 is 0. The number of rotatable bonds is 30. The Kier molecular flexibility index (Phi) is 39.4. The summed E-state index contributed by atoms with van der Waals surface area (Å²) in [6.07, 6.45) is 34.3. The van der Waals surface area contributed by atoms with Gasteiger partial charge in [-0.3, -0.25) is 0 Å². The van der Waals surface area contributed by atoms with Gasteiger partial charge in [0.2, 0.25) is 0 Å². The quantitative estimate of drug-likeness (QED) is 0.0441. The van der Waals surface area contributed by atoms with Gasteiger partial charge in [0.05, 0.1) is 20.2 Å². The van der Waals surface area contributed by atoms with Gasteiger partial charge in [0, 0.05) is 11.5 Å². The van der Waals surface area contributed by atoms with Crippen LogP contribution in [-0.2, 0) is 20.2 Å². The molecule has 0 radical (unpaired) electrons. The fourth-order valence-corrected chi connectivity index (χ4v) is 6.06. The Morgan fingerprint density at radius 3 is 0.610 bits per heavy atom. The van der Waals surface area contributed by atoms with E-state index in [1.165, 1.54) is 141 Å². The molecule has 0 rings (SSSR count). The van der Waals surface area contributed by atoms with E-state index in [0.29, 0.717) is 12.8 Å². The van der Waals surface area contributed by atoms with Crippen LogP contribution in [-0.4, -0.2) is 60.5 Å². The van der Waals surface area contributed by atoms with Gasteiger partial charge in [-0.1, -0.05) is 181 Å². The number of hydrogen-bond acceptors (Lipinski definition) is 6. The zero-order chi connectivity index (χ0) is 30.2. The molecule has 0 atom stereocenters. The second kappa shape index (κ2) is 35.1. The molecule has 0 unspecified atom stereocenters. The zero-order valence-corrected chi connectivity index (χ0v) is 30.2. The van der Waals surface area contributed by atoms with Gasteiger partial charge in [0.25, 0.3) is 0 Å². The molecule has 0 aromatic carbocycles. The van der Waals surface area contributed by atoms with Gasteiger partial charge in [-0.25, -0.2) is 16.8 Å². The molecule has 0 aliphatic rings. The molecule has 0 spiro atoms. The van der Waals surface area contributed by atoms with Crippen LogP contribution in [0.2, 0.25) is 0 Å². The molecule has 0 saturated heterocycles. The van der Waals surface area contributed by atoms with Crippen LogP contribution in [0.4, 0.5) is 0 Å². The Morgan fingerprint density at radius 1 is 0.317 bits per heavy atom. The van der Waals surface area contributed by atoms with Crippen LogP contribution < -0.4 is 0 Å². The standard InChI is InChI=1S/2C16H34O3S.Mg/c2*1-2-3-4-5-6-7-8-9-10-11-12-13-14-15-16-20(17,18)19;/h2*2-16H2,1H3,(H,17,18,19);/q;;+2/p-2. The van der Waals surface area contributed by atoms with Gasteiger partial charge in [0.15, 0.2) is 0 Å². The molecule has 0 heterocycles. The van der Waals surface area contributed by atoms with Gasteiger partial charge in [-0.05, 0) is 12.8 Å². The van der Waals surface area contributed by atoms with Crippen LogP contribution >= 0.6 is 0 Å². The van der Waals surface area contributed by atoms with Crippen LogP contribution in [0, 0.1) is 0 Å². The third kappa shape index (κ3) is 50.5. The third-order valence-electron chi connectivity index (χ3n) is 7.50. The van der Waals surface area contributed by atoms with Crippen molar-refractivity contribution in [3.05, 3.63) is 0 Å². The summed E-state index contributed by atoms with van der Waals surface area (Å²) < 4.78 is 62.4. The van der Waals surface area contributed by atoms with Crippen molar-refractivity contribution < 1.29 is 25.9 Å². The predicted molar refractivity (Wildman–Crippen MR) is 176 cm³/mol.